The first-order valence-corrected chi connectivity index (χ1v) is 8.43. The topological polar surface area (TPSA) is 76.0 Å². The summed E-state index contributed by atoms with van der Waals surface area (Å²) in [7, 11) is -0.881. The fourth-order valence-electron chi connectivity index (χ4n) is 3.22. The minimum atomic E-state index is -0.997. The van der Waals surface area contributed by atoms with Crippen LogP contribution < -0.4 is 4.65 Å². The number of thioether (sulfide) groups is 1. The number of hydrogen-bond acceptors (Lipinski definition) is 5. The number of carboxylic acid groups (broad SMARTS) is 1. The zero-order valence-corrected chi connectivity index (χ0v) is 13.0. The Kier molecular flexibility index (Phi) is 3.40. The zero-order valence-electron chi connectivity index (χ0n) is 12.2. The van der Waals surface area contributed by atoms with E-state index in [1.54, 1.807) is 11.8 Å². The highest BCUT2D eigenvalue weighted by Gasteiger charge is 2.54. The number of carbonyl (C=O) groups is 1. The van der Waals surface area contributed by atoms with E-state index in [1.807, 2.05) is 12.1 Å². The molecule has 3 aliphatic rings. The number of carboxylic acids is 1. The lowest BCUT2D eigenvalue weighted by molar-refractivity contribution is -0.0302. The van der Waals surface area contributed by atoms with Gasteiger partial charge in [0.25, 0.3) is 0 Å². The lowest BCUT2D eigenvalue weighted by Gasteiger charge is -2.31. The van der Waals surface area contributed by atoms with Crippen molar-refractivity contribution in [2.24, 2.45) is 5.92 Å². The van der Waals surface area contributed by atoms with E-state index in [0.29, 0.717) is 16.6 Å². The molecule has 2 N–H and O–H groups in total. The Balaban J connectivity index is 1.69. The van der Waals surface area contributed by atoms with E-state index in [1.165, 1.54) is 0 Å². The summed E-state index contributed by atoms with van der Waals surface area (Å²) < 4.78 is 10.7. The van der Waals surface area contributed by atoms with Crippen LogP contribution in [0.3, 0.4) is 0 Å². The smallest absolute Gasteiger partial charge is 0.526 e. The molecular formula is C15H17BO5S. The first-order chi connectivity index (χ1) is 10.6. The molecule has 1 unspecified atom stereocenters. The second kappa shape index (κ2) is 5.18. The molecular weight excluding hydrogens is 303 g/mol. The molecule has 1 aliphatic carbocycles. The van der Waals surface area contributed by atoms with Gasteiger partial charge in [-0.05, 0) is 24.0 Å². The van der Waals surface area contributed by atoms with E-state index in [4.69, 9.17) is 9.39 Å². The highest BCUT2D eigenvalue weighted by atomic mass is 32.2. The molecule has 1 saturated heterocycles. The molecule has 5 nitrogen and oxygen atoms in total. The van der Waals surface area contributed by atoms with Crippen molar-refractivity contribution in [3.63, 3.8) is 0 Å². The average Bonchev–Trinajstić information content (AvgIpc) is 3.16. The second-order valence-electron chi connectivity index (χ2n) is 6.30. The van der Waals surface area contributed by atoms with Crippen molar-refractivity contribution in [1.82, 2.24) is 0 Å². The van der Waals surface area contributed by atoms with Crippen LogP contribution in [0.2, 0.25) is 5.82 Å². The molecule has 0 aromatic heterocycles. The maximum atomic E-state index is 11.8. The van der Waals surface area contributed by atoms with E-state index in [9.17, 15) is 14.9 Å². The highest BCUT2D eigenvalue weighted by molar-refractivity contribution is 8.00. The van der Waals surface area contributed by atoms with Crippen molar-refractivity contribution in [3.05, 3.63) is 23.3 Å². The van der Waals surface area contributed by atoms with Gasteiger partial charge in [-0.25, -0.2) is 4.79 Å². The Morgan fingerprint density at radius 2 is 2.23 bits per heavy atom. The number of aromatic carboxylic acids is 1. The van der Waals surface area contributed by atoms with Gasteiger partial charge < -0.3 is 19.5 Å². The molecule has 2 aliphatic heterocycles. The fourth-order valence-corrected chi connectivity index (χ4v) is 4.41. The molecule has 116 valence electrons. The first-order valence-electron chi connectivity index (χ1n) is 7.55. The normalized spacial score (nSPS) is 27.3. The van der Waals surface area contributed by atoms with Gasteiger partial charge in [0.15, 0.2) is 0 Å². The summed E-state index contributed by atoms with van der Waals surface area (Å²) in [5.41, 5.74) is 1.12. The number of hydrogen-bond donors (Lipinski definition) is 2. The predicted octanol–water partition coefficient (Wildman–Crippen LogP) is 2.24. The third kappa shape index (κ3) is 2.23. The van der Waals surface area contributed by atoms with Crippen LogP contribution in [-0.4, -0.2) is 41.7 Å². The van der Waals surface area contributed by atoms with Crippen LogP contribution in [0.5, 0.6) is 5.75 Å². The Morgan fingerprint density at radius 1 is 1.45 bits per heavy atom. The molecule has 2 fully saturated rings. The largest absolute Gasteiger partial charge is 0.535 e. The Labute approximate surface area is 133 Å². The van der Waals surface area contributed by atoms with Crippen LogP contribution in [0.4, 0.5) is 0 Å². The van der Waals surface area contributed by atoms with Gasteiger partial charge in [-0.1, -0.05) is 13.0 Å². The summed E-state index contributed by atoms with van der Waals surface area (Å²) in [5, 5.41) is 19.9. The van der Waals surface area contributed by atoms with Crippen LogP contribution in [-0.2, 0) is 4.74 Å². The van der Waals surface area contributed by atoms with Crippen LogP contribution in [0.15, 0.2) is 17.0 Å². The molecule has 0 spiro atoms. The molecule has 22 heavy (non-hydrogen) atoms. The monoisotopic (exact) mass is 320 g/mol. The molecule has 1 saturated carbocycles. The van der Waals surface area contributed by atoms with Gasteiger partial charge in [-0.2, -0.15) is 0 Å². The van der Waals surface area contributed by atoms with Gasteiger partial charge in [-0.15, -0.1) is 11.8 Å². The van der Waals surface area contributed by atoms with E-state index < -0.39 is 13.1 Å². The van der Waals surface area contributed by atoms with Crippen molar-refractivity contribution in [3.8, 4) is 5.75 Å². The molecule has 4 rings (SSSR count). The van der Waals surface area contributed by atoms with E-state index in [2.05, 4.69) is 6.92 Å². The van der Waals surface area contributed by atoms with Crippen molar-refractivity contribution in [2.45, 2.75) is 35.2 Å². The summed E-state index contributed by atoms with van der Waals surface area (Å²) in [6.07, 6.45) is 0.871. The second-order valence-corrected chi connectivity index (χ2v) is 7.72. The average molecular weight is 320 g/mol. The van der Waals surface area contributed by atoms with Gasteiger partial charge in [0.1, 0.15) is 11.3 Å². The van der Waals surface area contributed by atoms with Crippen molar-refractivity contribution in [1.29, 1.82) is 0 Å². The Morgan fingerprint density at radius 3 is 2.86 bits per heavy atom. The van der Waals surface area contributed by atoms with Crippen LogP contribution in [0, 0.1) is 5.92 Å². The summed E-state index contributed by atoms with van der Waals surface area (Å²) in [6, 6.07) is 3.85. The first kappa shape index (κ1) is 14.4. The summed E-state index contributed by atoms with van der Waals surface area (Å²) in [4.78, 5) is 12.5. The van der Waals surface area contributed by atoms with Crippen LogP contribution in [0.1, 0.15) is 35.2 Å². The Bertz CT molecular complexity index is 633. The molecule has 3 atom stereocenters. The van der Waals surface area contributed by atoms with Crippen molar-refractivity contribution in [2.75, 3.05) is 13.2 Å². The molecule has 0 amide bonds. The lowest BCUT2D eigenvalue weighted by Crippen LogP contribution is -2.34. The third-order valence-corrected chi connectivity index (χ3v) is 6.20. The maximum Gasteiger partial charge on any atom is 0.526 e. The molecule has 2 heterocycles. The molecule has 1 aromatic rings. The van der Waals surface area contributed by atoms with Gasteiger partial charge in [0.05, 0.1) is 13.2 Å². The predicted molar refractivity (Wildman–Crippen MR) is 82.7 cm³/mol. The lowest BCUT2D eigenvalue weighted by atomic mass is 9.77. The summed E-state index contributed by atoms with van der Waals surface area (Å²) >= 11 is 1.55. The Hall–Kier alpha value is -1.18. The van der Waals surface area contributed by atoms with Crippen molar-refractivity contribution >= 4 is 24.8 Å². The van der Waals surface area contributed by atoms with Crippen LogP contribution in [0.25, 0.3) is 0 Å². The molecule has 0 bridgehead atoms. The van der Waals surface area contributed by atoms with Gasteiger partial charge in [-0.3, -0.25) is 0 Å². The third-order valence-electron chi connectivity index (χ3n) is 4.85. The highest BCUT2D eigenvalue weighted by Crippen LogP contribution is 2.60. The van der Waals surface area contributed by atoms with Gasteiger partial charge >= 0.3 is 13.1 Å². The number of ether oxygens (including phenoxy) is 1. The molecule has 0 radical (unpaired) electrons. The standard InChI is InChI=1S/C15H17BO5S/c1-7(8-5-20-6-8)22-12-3-2-9-10-4-11(10)16(19)21-14(9)13(12)15(17)18/h2-3,7-8,10-11,19H,4-6H2,1H3,(H,17,18)/t7-,10?,11+/m1/s1. The minimum Gasteiger partial charge on any atom is -0.535 e. The zero-order chi connectivity index (χ0) is 15.4. The fraction of sp³-hybridized carbons (Fsp3) is 0.533. The quantitative estimate of drug-likeness (QED) is 0.654. The van der Waals surface area contributed by atoms with Gasteiger partial charge in [0, 0.05) is 21.9 Å². The van der Waals surface area contributed by atoms with E-state index in [0.717, 1.165) is 25.2 Å². The molecule has 7 heteroatoms. The summed E-state index contributed by atoms with van der Waals surface area (Å²) in [5.74, 6) is 0.192. The minimum absolute atomic E-state index is 0.124. The number of fused-ring (bicyclic) bond motifs is 3. The van der Waals surface area contributed by atoms with Crippen molar-refractivity contribution < 1.29 is 24.3 Å². The van der Waals surface area contributed by atoms with E-state index >= 15 is 0 Å². The van der Waals surface area contributed by atoms with E-state index in [-0.39, 0.29) is 22.5 Å². The summed E-state index contributed by atoms with van der Waals surface area (Å²) in [6.45, 7) is 3.57. The van der Waals surface area contributed by atoms with Gasteiger partial charge in [0.2, 0.25) is 0 Å². The maximum absolute atomic E-state index is 11.8. The number of rotatable bonds is 4. The number of benzene rings is 1. The SMILES string of the molecule is C[C@@H](Sc1ccc2c(c1C(=O)O)OB(O)[C@H]1CC21)C1COC1. The molecule has 1 aromatic carbocycles. The van der Waals surface area contributed by atoms with Crippen LogP contribution >= 0.6 is 11.8 Å².